The molecular formula is C13H14FN5O3. The highest BCUT2D eigenvalue weighted by Gasteiger charge is 2.24. The van der Waals surface area contributed by atoms with E-state index in [4.69, 9.17) is 0 Å². The first-order valence-electron chi connectivity index (χ1n) is 6.30. The van der Waals surface area contributed by atoms with Crippen molar-refractivity contribution < 1.29 is 14.1 Å². The van der Waals surface area contributed by atoms with Crippen LogP contribution in [-0.2, 0) is 11.8 Å². The van der Waals surface area contributed by atoms with Crippen LogP contribution in [0.3, 0.4) is 0 Å². The normalized spacial score (nSPS) is 10.3. The molecule has 1 aromatic carbocycles. The van der Waals surface area contributed by atoms with Crippen LogP contribution in [0, 0.1) is 15.9 Å². The molecule has 0 radical (unpaired) electrons. The second-order valence-electron chi connectivity index (χ2n) is 4.67. The second-order valence-corrected chi connectivity index (χ2v) is 4.67. The van der Waals surface area contributed by atoms with Gasteiger partial charge in [0.1, 0.15) is 5.82 Å². The highest BCUT2D eigenvalue weighted by Crippen LogP contribution is 2.24. The van der Waals surface area contributed by atoms with Gasteiger partial charge >= 0.3 is 5.82 Å². The molecule has 1 N–H and O–H groups in total. The summed E-state index contributed by atoms with van der Waals surface area (Å²) >= 11 is 0. The zero-order valence-corrected chi connectivity index (χ0v) is 12.0. The third-order valence-electron chi connectivity index (χ3n) is 2.91. The molecule has 0 saturated heterocycles. The molecule has 9 heteroatoms. The van der Waals surface area contributed by atoms with E-state index in [2.05, 4.69) is 10.3 Å². The summed E-state index contributed by atoms with van der Waals surface area (Å²) in [6.45, 7) is -0.142. The fourth-order valence-corrected chi connectivity index (χ4v) is 2.04. The molecule has 0 unspecified atom stereocenters. The molecule has 22 heavy (non-hydrogen) atoms. The zero-order valence-electron chi connectivity index (χ0n) is 12.0. The van der Waals surface area contributed by atoms with E-state index in [1.807, 2.05) is 0 Å². The smallest absolute Gasteiger partial charge is 0.358 e. The number of hydrogen-bond donors (Lipinski definition) is 1. The highest BCUT2D eigenvalue weighted by molar-refractivity contribution is 5.94. The van der Waals surface area contributed by atoms with Crippen LogP contribution < -0.4 is 10.2 Å². The average molecular weight is 307 g/mol. The van der Waals surface area contributed by atoms with E-state index in [9.17, 15) is 19.3 Å². The number of anilines is 2. The molecule has 2 aromatic rings. The van der Waals surface area contributed by atoms with Crippen LogP contribution in [0.25, 0.3) is 0 Å². The lowest BCUT2D eigenvalue weighted by Crippen LogP contribution is -2.31. The summed E-state index contributed by atoms with van der Waals surface area (Å²) in [6.07, 6.45) is 1.30. The third-order valence-corrected chi connectivity index (χ3v) is 2.91. The van der Waals surface area contributed by atoms with Gasteiger partial charge in [-0.2, -0.15) is 0 Å². The minimum absolute atomic E-state index is 0.142. The van der Waals surface area contributed by atoms with Crippen molar-refractivity contribution in [2.75, 3.05) is 23.8 Å². The lowest BCUT2D eigenvalue weighted by atomic mass is 10.3. The van der Waals surface area contributed by atoms with Crippen molar-refractivity contribution in [3.63, 3.8) is 0 Å². The second kappa shape index (κ2) is 6.20. The number of nitrogens with zero attached hydrogens (tertiary/aromatic N) is 4. The number of rotatable bonds is 5. The maximum atomic E-state index is 13.0. The van der Waals surface area contributed by atoms with Gasteiger partial charge in [0.25, 0.3) is 0 Å². The van der Waals surface area contributed by atoms with Gasteiger partial charge in [-0.1, -0.05) is 6.07 Å². The van der Waals surface area contributed by atoms with Gasteiger partial charge in [0, 0.05) is 19.8 Å². The minimum Gasteiger partial charge on any atom is -0.358 e. The zero-order chi connectivity index (χ0) is 16.3. The average Bonchev–Trinajstić information content (AvgIpc) is 2.80. The first-order chi connectivity index (χ1) is 10.4. The molecule has 8 nitrogen and oxygen atoms in total. The Morgan fingerprint density at radius 1 is 1.55 bits per heavy atom. The number of carbonyl (C=O) groups is 1. The Balaban J connectivity index is 2.09. The van der Waals surface area contributed by atoms with Crippen LogP contribution in [0.2, 0.25) is 0 Å². The lowest BCUT2D eigenvalue weighted by Gasteiger charge is -2.17. The third kappa shape index (κ3) is 3.37. The molecular weight excluding hydrogens is 293 g/mol. The summed E-state index contributed by atoms with van der Waals surface area (Å²) in [6, 6.07) is 5.47. The number of hydrogen-bond acceptors (Lipinski definition) is 5. The Hall–Kier alpha value is -2.97. The van der Waals surface area contributed by atoms with Gasteiger partial charge in [0.05, 0.1) is 6.54 Å². The molecule has 0 bridgehead atoms. The van der Waals surface area contributed by atoms with Gasteiger partial charge in [-0.05, 0) is 28.1 Å². The largest absolute Gasteiger partial charge is 0.406 e. The van der Waals surface area contributed by atoms with E-state index < -0.39 is 16.6 Å². The molecule has 0 spiro atoms. The molecule has 1 aromatic heterocycles. The summed E-state index contributed by atoms with van der Waals surface area (Å²) in [5.41, 5.74) is 0.318. The van der Waals surface area contributed by atoms with Crippen molar-refractivity contribution in [3.05, 3.63) is 46.5 Å². The lowest BCUT2D eigenvalue weighted by molar-refractivity contribution is -0.388. The molecule has 0 fully saturated rings. The summed E-state index contributed by atoms with van der Waals surface area (Å²) in [5, 5.41) is 13.4. The number of aromatic nitrogens is 2. The SMILES string of the molecule is CN(CC(=O)Nc1cccc(F)c1)c1c([N+](=O)[O-])ncn1C. The Kier molecular flexibility index (Phi) is 4.35. The van der Waals surface area contributed by atoms with E-state index in [1.54, 1.807) is 13.1 Å². The van der Waals surface area contributed by atoms with Crippen LogP contribution in [0.15, 0.2) is 30.6 Å². The minimum atomic E-state index is -0.615. The maximum absolute atomic E-state index is 13.0. The van der Waals surface area contributed by atoms with Crippen LogP contribution in [0.4, 0.5) is 21.7 Å². The van der Waals surface area contributed by atoms with Gasteiger partial charge in [-0.3, -0.25) is 9.36 Å². The monoisotopic (exact) mass is 307 g/mol. The van der Waals surface area contributed by atoms with Gasteiger partial charge in [0.2, 0.25) is 18.1 Å². The van der Waals surface area contributed by atoms with Crippen LogP contribution in [0.5, 0.6) is 0 Å². The fraction of sp³-hybridized carbons (Fsp3) is 0.231. The molecule has 2 rings (SSSR count). The number of likely N-dealkylation sites (N-methyl/N-ethyl adjacent to an activating group) is 1. The number of nitrogens with one attached hydrogen (secondary N) is 1. The molecule has 0 atom stereocenters. The van der Waals surface area contributed by atoms with Crippen LogP contribution in [-0.4, -0.2) is 34.0 Å². The van der Waals surface area contributed by atoms with E-state index in [0.29, 0.717) is 5.69 Å². The predicted molar refractivity (Wildman–Crippen MR) is 78.2 cm³/mol. The quantitative estimate of drug-likeness (QED) is 0.668. The van der Waals surface area contributed by atoms with Crippen molar-refractivity contribution in [1.29, 1.82) is 0 Å². The Bertz CT molecular complexity index is 715. The summed E-state index contributed by atoms with van der Waals surface area (Å²) in [4.78, 5) is 27.3. The summed E-state index contributed by atoms with van der Waals surface area (Å²) in [7, 11) is 3.13. The van der Waals surface area contributed by atoms with Gasteiger partial charge in [-0.15, -0.1) is 0 Å². The molecule has 1 heterocycles. The predicted octanol–water partition coefficient (Wildman–Crippen LogP) is 1.54. The highest BCUT2D eigenvalue weighted by atomic mass is 19.1. The van der Waals surface area contributed by atoms with E-state index >= 15 is 0 Å². The molecule has 0 aliphatic rings. The molecule has 0 saturated carbocycles. The van der Waals surface area contributed by atoms with Gasteiger partial charge in [-0.25, -0.2) is 4.39 Å². The molecule has 0 aliphatic heterocycles. The van der Waals surface area contributed by atoms with Crippen molar-refractivity contribution in [2.45, 2.75) is 0 Å². The standard InChI is InChI=1S/C13H14FN5O3/c1-17(13-12(19(21)22)15-8-18(13)2)7-11(20)16-10-5-3-4-9(14)6-10/h3-6,8H,7H2,1-2H3,(H,16,20). The Labute approximate surface area is 125 Å². The first-order valence-corrected chi connectivity index (χ1v) is 6.30. The number of carbonyl (C=O) groups excluding carboxylic acids is 1. The van der Waals surface area contributed by atoms with E-state index in [0.717, 1.165) is 0 Å². The summed E-state index contributed by atoms with van der Waals surface area (Å²) in [5.74, 6) is -1.01. The van der Waals surface area contributed by atoms with Gasteiger partial charge in [0.15, 0.2) is 0 Å². The number of aryl methyl sites for hydroxylation is 1. The Morgan fingerprint density at radius 3 is 2.91 bits per heavy atom. The van der Waals surface area contributed by atoms with Crippen molar-refractivity contribution in [3.8, 4) is 0 Å². The number of halogens is 1. The Morgan fingerprint density at radius 2 is 2.27 bits per heavy atom. The van der Waals surface area contributed by atoms with Crippen LogP contribution >= 0.6 is 0 Å². The molecule has 0 aliphatic carbocycles. The number of amides is 1. The number of imidazole rings is 1. The van der Waals surface area contributed by atoms with Crippen molar-refractivity contribution in [1.82, 2.24) is 9.55 Å². The molecule has 116 valence electrons. The number of benzene rings is 1. The van der Waals surface area contributed by atoms with E-state index in [-0.39, 0.29) is 18.2 Å². The van der Waals surface area contributed by atoms with Crippen molar-refractivity contribution >= 4 is 23.2 Å². The first kappa shape index (κ1) is 15.4. The maximum Gasteiger partial charge on any atom is 0.406 e. The molecule has 1 amide bonds. The van der Waals surface area contributed by atoms with Crippen LogP contribution in [0.1, 0.15) is 0 Å². The topological polar surface area (TPSA) is 93.3 Å². The summed E-state index contributed by atoms with van der Waals surface area (Å²) < 4.78 is 14.5. The number of nitro groups is 1. The van der Waals surface area contributed by atoms with Gasteiger partial charge < -0.3 is 20.3 Å². The van der Waals surface area contributed by atoms with Crippen molar-refractivity contribution in [2.24, 2.45) is 7.05 Å². The van der Waals surface area contributed by atoms with E-state index in [1.165, 1.54) is 41.0 Å². The fourth-order valence-electron chi connectivity index (χ4n) is 2.04.